The standard InChI is InChI=1S/C48H66O9Si3/c1-10-49-58(50-11-2,51-12-3)46-31-25-40(26-32-46)19-22-43-37-44(23-20-41-27-33-47(34-28-41)59(52-13-4,53-14-5)54-15-6)39-45(38-43)24-21-42-29-35-48(36-30-42)60(55-16-7,56-17-8)57-18-9/h19-39H,10-18H2,1-9H3. The van der Waals surface area contributed by atoms with Gasteiger partial charge >= 0.3 is 26.4 Å². The van der Waals surface area contributed by atoms with Crippen LogP contribution in [0.25, 0.3) is 36.5 Å². The Morgan fingerprint density at radius 3 is 0.600 bits per heavy atom. The van der Waals surface area contributed by atoms with Gasteiger partial charge in [0, 0.05) is 75.0 Å². The molecule has 12 heteroatoms. The molecule has 0 spiro atoms. The smallest absolute Gasteiger partial charge is 0.370 e. The third-order valence-electron chi connectivity index (χ3n) is 9.21. The fourth-order valence-corrected chi connectivity index (χ4v) is 14.2. The molecule has 0 aromatic heterocycles. The Morgan fingerprint density at radius 1 is 0.267 bits per heavy atom. The fourth-order valence-electron chi connectivity index (χ4n) is 6.80. The first kappa shape index (κ1) is 49.1. The summed E-state index contributed by atoms with van der Waals surface area (Å²) in [5.74, 6) is 0. The van der Waals surface area contributed by atoms with Crippen molar-refractivity contribution in [2.24, 2.45) is 0 Å². The molecule has 0 radical (unpaired) electrons. The zero-order valence-electron chi connectivity index (χ0n) is 37.2. The van der Waals surface area contributed by atoms with E-state index in [0.29, 0.717) is 59.5 Å². The van der Waals surface area contributed by atoms with Gasteiger partial charge in [0.15, 0.2) is 0 Å². The minimum atomic E-state index is -2.99. The molecule has 0 aliphatic rings. The van der Waals surface area contributed by atoms with Gasteiger partial charge in [0.1, 0.15) is 0 Å². The van der Waals surface area contributed by atoms with Gasteiger partial charge in [-0.3, -0.25) is 0 Å². The van der Waals surface area contributed by atoms with Crippen LogP contribution in [-0.4, -0.2) is 85.9 Å². The maximum atomic E-state index is 6.14. The SMILES string of the molecule is CCO[Si](OCC)(OCC)c1ccc(C=Cc2cc(C=Cc3ccc([Si](OCC)(OCC)OCC)cc3)cc(C=Cc3ccc([Si](OCC)(OCC)OCC)cc3)c2)cc1. The summed E-state index contributed by atoms with van der Waals surface area (Å²) >= 11 is 0. The van der Waals surface area contributed by atoms with E-state index in [1.165, 1.54) is 0 Å². The topological polar surface area (TPSA) is 83.1 Å². The van der Waals surface area contributed by atoms with Crippen LogP contribution in [0.4, 0.5) is 0 Å². The Kier molecular flexibility index (Phi) is 20.7. The van der Waals surface area contributed by atoms with Crippen molar-refractivity contribution >= 4 is 78.4 Å². The van der Waals surface area contributed by atoms with Crippen molar-refractivity contribution in [3.8, 4) is 0 Å². The van der Waals surface area contributed by atoms with Gasteiger partial charge in [-0.05, 0) is 114 Å². The quantitative estimate of drug-likeness (QED) is 0.0431. The first-order valence-electron chi connectivity index (χ1n) is 21.5. The summed E-state index contributed by atoms with van der Waals surface area (Å²) < 4.78 is 55.2. The van der Waals surface area contributed by atoms with Gasteiger partial charge in [0.2, 0.25) is 0 Å². The molecule has 324 valence electrons. The van der Waals surface area contributed by atoms with E-state index in [9.17, 15) is 0 Å². The summed E-state index contributed by atoms with van der Waals surface area (Å²) in [5, 5.41) is 2.86. The van der Waals surface area contributed by atoms with Gasteiger partial charge in [0.25, 0.3) is 0 Å². The highest BCUT2D eigenvalue weighted by molar-refractivity contribution is 6.76. The van der Waals surface area contributed by atoms with Crippen LogP contribution in [0.1, 0.15) is 95.7 Å². The van der Waals surface area contributed by atoms with E-state index in [-0.39, 0.29) is 0 Å². The average Bonchev–Trinajstić information content (AvgIpc) is 3.25. The van der Waals surface area contributed by atoms with E-state index in [1.54, 1.807) is 0 Å². The number of benzene rings is 4. The second kappa shape index (κ2) is 25.4. The zero-order chi connectivity index (χ0) is 43.3. The van der Waals surface area contributed by atoms with E-state index in [2.05, 4.69) is 127 Å². The van der Waals surface area contributed by atoms with Crippen LogP contribution >= 0.6 is 0 Å². The minimum absolute atomic E-state index is 0.516. The third kappa shape index (κ3) is 13.4. The highest BCUT2D eigenvalue weighted by atomic mass is 28.4. The molecule has 60 heavy (non-hydrogen) atoms. The molecular formula is C48H66O9Si3. The van der Waals surface area contributed by atoms with Crippen molar-refractivity contribution in [2.75, 3.05) is 59.5 Å². The van der Waals surface area contributed by atoms with Crippen LogP contribution in [0.5, 0.6) is 0 Å². The predicted octanol–water partition coefficient (Wildman–Crippen LogP) is 8.96. The number of hydrogen-bond donors (Lipinski definition) is 0. The van der Waals surface area contributed by atoms with E-state index in [4.69, 9.17) is 39.8 Å². The molecular weight excluding hydrogens is 805 g/mol. The van der Waals surface area contributed by atoms with Gasteiger partial charge in [-0.25, -0.2) is 0 Å². The summed E-state index contributed by atoms with van der Waals surface area (Å²) in [6.07, 6.45) is 12.8. The van der Waals surface area contributed by atoms with E-state index < -0.39 is 26.4 Å². The van der Waals surface area contributed by atoms with Gasteiger partial charge in [-0.1, -0.05) is 109 Å². The molecule has 0 bridgehead atoms. The molecule has 9 nitrogen and oxygen atoms in total. The largest absolute Gasteiger partial charge is 0.537 e. The molecule has 4 rings (SSSR count). The highest BCUT2D eigenvalue weighted by Gasteiger charge is 2.45. The number of rotatable bonds is 27. The molecule has 0 saturated carbocycles. The van der Waals surface area contributed by atoms with Crippen molar-refractivity contribution in [1.82, 2.24) is 0 Å². The second-order valence-electron chi connectivity index (χ2n) is 13.4. The Labute approximate surface area is 363 Å². The van der Waals surface area contributed by atoms with Crippen molar-refractivity contribution in [3.05, 3.63) is 124 Å². The van der Waals surface area contributed by atoms with Gasteiger partial charge in [0.05, 0.1) is 0 Å². The van der Waals surface area contributed by atoms with Crippen LogP contribution < -0.4 is 15.6 Å². The van der Waals surface area contributed by atoms with Gasteiger partial charge in [-0.15, -0.1) is 0 Å². The van der Waals surface area contributed by atoms with Crippen molar-refractivity contribution in [1.29, 1.82) is 0 Å². The molecule has 0 atom stereocenters. The molecule has 0 saturated heterocycles. The molecule has 4 aromatic rings. The highest BCUT2D eigenvalue weighted by Crippen LogP contribution is 2.21. The lowest BCUT2D eigenvalue weighted by Crippen LogP contribution is -2.56. The lowest BCUT2D eigenvalue weighted by atomic mass is 10.0. The summed E-state index contributed by atoms with van der Waals surface area (Å²) in [5.41, 5.74) is 6.36. The summed E-state index contributed by atoms with van der Waals surface area (Å²) in [6.45, 7) is 22.4. The van der Waals surface area contributed by atoms with Crippen LogP contribution in [-0.2, 0) is 39.8 Å². The van der Waals surface area contributed by atoms with Crippen molar-refractivity contribution in [3.63, 3.8) is 0 Å². The minimum Gasteiger partial charge on any atom is -0.370 e. The Morgan fingerprint density at radius 2 is 0.433 bits per heavy atom. The lowest BCUT2D eigenvalue weighted by molar-refractivity contribution is 0.0851. The van der Waals surface area contributed by atoms with Crippen LogP contribution in [0.2, 0.25) is 0 Å². The average molecular weight is 871 g/mol. The summed E-state index contributed by atoms with van der Waals surface area (Å²) in [4.78, 5) is 0. The molecule has 4 aromatic carbocycles. The zero-order valence-corrected chi connectivity index (χ0v) is 40.2. The monoisotopic (exact) mass is 870 g/mol. The molecule has 0 unspecified atom stereocenters. The molecule has 0 aliphatic carbocycles. The van der Waals surface area contributed by atoms with Crippen molar-refractivity contribution < 1.29 is 39.8 Å². The molecule has 0 N–H and O–H groups in total. The summed E-state index contributed by atoms with van der Waals surface area (Å²) in [6, 6.07) is 31.4. The summed E-state index contributed by atoms with van der Waals surface area (Å²) in [7, 11) is -8.98. The van der Waals surface area contributed by atoms with E-state index in [1.807, 2.05) is 62.3 Å². The van der Waals surface area contributed by atoms with Gasteiger partial charge < -0.3 is 39.8 Å². The third-order valence-corrected chi connectivity index (χ3v) is 18.3. The van der Waals surface area contributed by atoms with E-state index in [0.717, 1.165) is 48.9 Å². The number of hydrogen-bond acceptors (Lipinski definition) is 9. The molecule has 0 aliphatic heterocycles. The Balaban J connectivity index is 1.68. The van der Waals surface area contributed by atoms with Crippen LogP contribution in [0.15, 0.2) is 91.0 Å². The maximum absolute atomic E-state index is 6.14. The lowest BCUT2D eigenvalue weighted by Gasteiger charge is -2.28. The molecule has 0 amide bonds. The van der Waals surface area contributed by atoms with Crippen LogP contribution in [0.3, 0.4) is 0 Å². The maximum Gasteiger partial charge on any atom is 0.537 e. The molecule has 0 heterocycles. The Bertz CT molecular complexity index is 1640. The Hall–Kier alpha value is -3.61. The predicted molar refractivity (Wildman–Crippen MR) is 253 cm³/mol. The second-order valence-corrected chi connectivity index (χ2v) is 21.0. The normalized spacial score (nSPS) is 12.8. The van der Waals surface area contributed by atoms with E-state index >= 15 is 0 Å². The van der Waals surface area contributed by atoms with Gasteiger partial charge in [-0.2, -0.15) is 0 Å². The first-order chi connectivity index (χ1) is 29.2. The first-order valence-corrected chi connectivity index (χ1v) is 26.7. The molecule has 0 fully saturated rings. The van der Waals surface area contributed by atoms with Crippen LogP contribution in [0, 0.1) is 0 Å². The van der Waals surface area contributed by atoms with Crippen molar-refractivity contribution in [2.45, 2.75) is 62.3 Å². The fraction of sp³-hybridized carbons (Fsp3) is 0.375.